The molecule has 0 bridgehead atoms. The van der Waals surface area contributed by atoms with Gasteiger partial charge in [0.25, 0.3) is 5.91 Å². The Morgan fingerprint density at radius 1 is 1.29 bits per heavy atom. The van der Waals surface area contributed by atoms with Crippen molar-refractivity contribution in [3.05, 3.63) is 53.5 Å². The lowest BCUT2D eigenvalue weighted by atomic mass is 10.0. The molecule has 2 rings (SSSR count). The van der Waals surface area contributed by atoms with E-state index in [2.05, 4.69) is 10.3 Å². The van der Waals surface area contributed by atoms with E-state index >= 15 is 0 Å². The van der Waals surface area contributed by atoms with E-state index < -0.39 is 23.7 Å². The van der Waals surface area contributed by atoms with E-state index in [4.69, 9.17) is 9.15 Å². The Bertz CT molecular complexity index is 697. The fraction of sp³-hybridized carbons (Fsp3) is 0.353. The van der Waals surface area contributed by atoms with Crippen LogP contribution in [0.4, 0.5) is 4.39 Å². The number of hydrogen-bond acceptors (Lipinski definition) is 5. The number of rotatable bonds is 7. The van der Waals surface area contributed by atoms with Crippen LogP contribution in [0.15, 0.2) is 35.1 Å². The van der Waals surface area contributed by atoms with E-state index in [1.165, 1.54) is 30.7 Å². The van der Waals surface area contributed by atoms with Crippen LogP contribution in [0, 0.1) is 5.82 Å². The second-order valence-electron chi connectivity index (χ2n) is 5.06. The molecule has 1 aromatic carbocycles. The van der Waals surface area contributed by atoms with E-state index in [1.54, 1.807) is 6.92 Å². The van der Waals surface area contributed by atoms with Crippen molar-refractivity contribution in [2.75, 3.05) is 6.61 Å². The van der Waals surface area contributed by atoms with E-state index in [0.29, 0.717) is 17.7 Å². The second-order valence-corrected chi connectivity index (χ2v) is 5.06. The molecule has 0 aliphatic carbocycles. The van der Waals surface area contributed by atoms with Crippen molar-refractivity contribution in [3.63, 3.8) is 0 Å². The first kappa shape index (κ1) is 17.7. The highest BCUT2D eigenvalue weighted by atomic mass is 19.1. The molecule has 1 N–H and O–H groups in total. The number of nitrogens with one attached hydrogen (secondary N) is 1. The van der Waals surface area contributed by atoms with Crippen LogP contribution in [-0.4, -0.2) is 23.5 Å². The Morgan fingerprint density at radius 2 is 2.00 bits per heavy atom. The highest BCUT2D eigenvalue weighted by molar-refractivity contribution is 5.93. The summed E-state index contributed by atoms with van der Waals surface area (Å²) in [5.41, 5.74) is 0.771. The predicted octanol–water partition coefficient (Wildman–Crippen LogP) is 2.80. The number of oxazole rings is 1. The Labute approximate surface area is 139 Å². The number of amides is 1. The van der Waals surface area contributed by atoms with E-state index in [-0.39, 0.29) is 18.7 Å². The number of aryl methyl sites for hydroxylation is 1. The van der Waals surface area contributed by atoms with Crippen molar-refractivity contribution < 1.29 is 23.1 Å². The van der Waals surface area contributed by atoms with Crippen LogP contribution >= 0.6 is 0 Å². The summed E-state index contributed by atoms with van der Waals surface area (Å²) < 4.78 is 23.2. The van der Waals surface area contributed by atoms with Crippen molar-refractivity contribution in [2.45, 2.75) is 32.7 Å². The SMILES string of the molecule is CCOC(=O)C[C@@H](NC(=O)c1ncoc1CC)c1ccc(F)cc1. The van der Waals surface area contributed by atoms with Gasteiger partial charge in [-0.2, -0.15) is 0 Å². The quantitative estimate of drug-likeness (QED) is 0.788. The van der Waals surface area contributed by atoms with E-state index in [9.17, 15) is 14.0 Å². The third kappa shape index (κ3) is 4.41. The molecule has 7 heteroatoms. The van der Waals surface area contributed by atoms with Gasteiger partial charge in [-0.05, 0) is 24.6 Å². The molecular formula is C17H19FN2O4. The molecule has 2 aromatic rings. The highest BCUT2D eigenvalue weighted by Crippen LogP contribution is 2.19. The molecule has 1 amide bonds. The minimum atomic E-state index is -0.654. The number of hydrogen-bond donors (Lipinski definition) is 1. The van der Waals surface area contributed by atoms with Crippen molar-refractivity contribution in [2.24, 2.45) is 0 Å². The largest absolute Gasteiger partial charge is 0.466 e. The number of carbonyl (C=O) groups excluding carboxylic acids is 2. The number of carbonyl (C=O) groups is 2. The van der Waals surface area contributed by atoms with E-state index in [1.807, 2.05) is 6.92 Å². The molecule has 128 valence electrons. The van der Waals surface area contributed by atoms with Gasteiger partial charge in [0.15, 0.2) is 12.1 Å². The molecule has 0 saturated heterocycles. The van der Waals surface area contributed by atoms with Gasteiger partial charge in [-0.25, -0.2) is 9.37 Å². The lowest BCUT2D eigenvalue weighted by Crippen LogP contribution is -2.31. The zero-order valence-electron chi connectivity index (χ0n) is 13.5. The third-order valence-electron chi connectivity index (χ3n) is 3.43. The van der Waals surface area contributed by atoms with Gasteiger partial charge in [-0.1, -0.05) is 19.1 Å². The van der Waals surface area contributed by atoms with E-state index in [0.717, 1.165) is 0 Å². The van der Waals surface area contributed by atoms with Gasteiger partial charge in [0.1, 0.15) is 11.6 Å². The van der Waals surface area contributed by atoms with Gasteiger partial charge >= 0.3 is 5.97 Å². The van der Waals surface area contributed by atoms with Gasteiger partial charge < -0.3 is 14.5 Å². The van der Waals surface area contributed by atoms with Crippen molar-refractivity contribution in [1.82, 2.24) is 10.3 Å². The van der Waals surface area contributed by atoms with Gasteiger partial charge in [0.05, 0.1) is 19.1 Å². The molecule has 24 heavy (non-hydrogen) atoms. The molecule has 0 fully saturated rings. The Morgan fingerprint density at radius 3 is 2.62 bits per heavy atom. The lowest BCUT2D eigenvalue weighted by Gasteiger charge is -2.18. The molecule has 0 radical (unpaired) electrons. The van der Waals surface area contributed by atoms with Crippen LogP contribution in [0.1, 0.15) is 48.1 Å². The number of aromatic nitrogens is 1. The number of halogens is 1. The Balaban J connectivity index is 2.20. The Kier molecular flexibility index (Phi) is 6.06. The topological polar surface area (TPSA) is 81.4 Å². The Hall–Kier alpha value is -2.70. The second kappa shape index (κ2) is 8.24. The maximum atomic E-state index is 13.1. The minimum absolute atomic E-state index is 0.0650. The number of ether oxygens (including phenoxy) is 1. The predicted molar refractivity (Wildman–Crippen MR) is 83.7 cm³/mol. The first-order chi connectivity index (χ1) is 11.5. The summed E-state index contributed by atoms with van der Waals surface area (Å²) >= 11 is 0. The van der Waals surface area contributed by atoms with Crippen LogP contribution in [0.25, 0.3) is 0 Å². The summed E-state index contributed by atoms with van der Waals surface area (Å²) in [5.74, 6) is -0.853. The summed E-state index contributed by atoms with van der Waals surface area (Å²) in [5, 5.41) is 2.73. The summed E-state index contributed by atoms with van der Waals surface area (Å²) in [6, 6.07) is 4.92. The average Bonchev–Trinajstić information content (AvgIpc) is 3.04. The zero-order chi connectivity index (χ0) is 17.5. The summed E-state index contributed by atoms with van der Waals surface area (Å²) in [6.45, 7) is 3.78. The number of benzene rings is 1. The van der Waals surface area contributed by atoms with Crippen molar-refractivity contribution in [3.8, 4) is 0 Å². The van der Waals surface area contributed by atoms with Crippen molar-refractivity contribution in [1.29, 1.82) is 0 Å². The normalized spacial score (nSPS) is 11.8. The molecule has 1 aromatic heterocycles. The van der Waals surface area contributed by atoms with Gasteiger partial charge in [0.2, 0.25) is 0 Å². The van der Waals surface area contributed by atoms with Crippen LogP contribution in [0.2, 0.25) is 0 Å². The first-order valence-electron chi connectivity index (χ1n) is 7.69. The molecule has 1 heterocycles. The highest BCUT2D eigenvalue weighted by Gasteiger charge is 2.23. The van der Waals surface area contributed by atoms with Gasteiger partial charge in [-0.15, -0.1) is 0 Å². The smallest absolute Gasteiger partial charge is 0.308 e. The fourth-order valence-electron chi connectivity index (χ4n) is 2.27. The van der Waals surface area contributed by atoms with Crippen molar-refractivity contribution >= 4 is 11.9 Å². The molecular weight excluding hydrogens is 315 g/mol. The molecule has 0 spiro atoms. The molecule has 6 nitrogen and oxygen atoms in total. The number of nitrogens with zero attached hydrogens (tertiary/aromatic N) is 1. The van der Waals surface area contributed by atoms with Gasteiger partial charge in [-0.3, -0.25) is 9.59 Å². The third-order valence-corrected chi connectivity index (χ3v) is 3.43. The maximum Gasteiger partial charge on any atom is 0.308 e. The average molecular weight is 334 g/mol. The molecule has 0 aliphatic heterocycles. The minimum Gasteiger partial charge on any atom is -0.466 e. The molecule has 1 atom stereocenters. The summed E-state index contributed by atoms with van der Waals surface area (Å²) in [7, 11) is 0. The molecule has 0 aliphatic rings. The maximum absolute atomic E-state index is 13.1. The lowest BCUT2D eigenvalue weighted by molar-refractivity contribution is -0.143. The summed E-state index contributed by atoms with van der Waals surface area (Å²) in [4.78, 5) is 28.1. The molecule has 0 unspecified atom stereocenters. The standard InChI is InChI=1S/C17H19FN2O4/c1-3-14-16(19-10-24-14)17(22)20-13(9-15(21)23-4-2)11-5-7-12(18)8-6-11/h5-8,10,13H,3-4,9H2,1-2H3,(H,20,22)/t13-/m1/s1. The van der Waals surface area contributed by atoms with Crippen LogP contribution in [0.3, 0.4) is 0 Å². The monoisotopic (exact) mass is 334 g/mol. The summed E-state index contributed by atoms with van der Waals surface area (Å²) in [6.07, 6.45) is 1.65. The first-order valence-corrected chi connectivity index (χ1v) is 7.69. The number of esters is 1. The van der Waals surface area contributed by atoms with Crippen LogP contribution in [-0.2, 0) is 16.0 Å². The van der Waals surface area contributed by atoms with Gasteiger partial charge in [0, 0.05) is 6.42 Å². The zero-order valence-corrected chi connectivity index (χ0v) is 13.5. The fourth-order valence-corrected chi connectivity index (χ4v) is 2.27. The molecule has 0 saturated carbocycles. The van der Waals surface area contributed by atoms with Crippen LogP contribution in [0.5, 0.6) is 0 Å². The van der Waals surface area contributed by atoms with Crippen LogP contribution < -0.4 is 5.32 Å².